The lowest BCUT2D eigenvalue weighted by Crippen LogP contribution is -2.32. The molecule has 0 saturated carbocycles. The Morgan fingerprint density at radius 2 is 1.96 bits per heavy atom. The summed E-state index contributed by atoms with van der Waals surface area (Å²) >= 11 is 0. The molecule has 0 spiro atoms. The van der Waals surface area contributed by atoms with E-state index in [-0.39, 0.29) is 11.9 Å². The van der Waals surface area contributed by atoms with Gasteiger partial charge < -0.3 is 9.73 Å². The molecule has 0 aliphatic rings. The first-order valence-electron chi connectivity index (χ1n) is 8.77. The second-order valence-electron chi connectivity index (χ2n) is 6.33. The molecule has 1 heterocycles. The molecule has 0 aliphatic carbocycles. The van der Waals surface area contributed by atoms with E-state index in [1.165, 1.54) is 18.4 Å². The van der Waals surface area contributed by atoms with Crippen molar-refractivity contribution in [3.63, 3.8) is 0 Å². The highest BCUT2D eigenvalue weighted by atomic mass is 16.4. The van der Waals surface area contributed by atoms with Gasteiger partial charge >= 0.3 is 0 Å². The average Bonchev–Trinajstić information content (AvgIpc) is 3.03. The molecule has 0 bridgehead atoms. The first-order valence-corrected chi connectivity index (χ1v) is 8.77. The number of amides is 1. The van der Waals surface area contributed by atoms with Crippen molar-refractivity contribution >= 4 is 5.91 Å². The van der Waals surface area contributed by atoms with Crippen molar-refractivity contribution in [3.05, 3.63) is 35.7 Å². The van der Waals surface area contributed by atoms with E-state index in [9.17, 15) is 4.79 Å². The lowest BCUT2D eigenvalue weighted by atomic mass is 10.1. The smallest absolute Gasteiger partial charge is 0.247 e. The van der Waals surface area contributed by atoms with Crippen molar-refractivity contribution < 1.29 is 9.21 Å². The van der Waals surface area contributed by atoms with E-state index >= 15 is 0 Å². The van der Waals surface area contributed by atoms with Gasteiger partial charge in [-0.2, -0.15) is 0 Å². The third kappa shape index (κ3) is 5.80. The third-order valence-electron chi connectivity index (χ3n) is 3.98. The topological polar surface area (TPSA) is 68.0 Å². The molecular weight excluding hydrogens is 302 g/mol. The number of rotatable bonds is 9. The molecule has 1 aromatic heterocycles. The predicted molar refractivity (Wildman–Crippen MR) is 94.5 cm³/mol. The Bertz CT molecular complexity index is 634. The van der Waals surface area contributed by atoms with Gasteiger partial charge in [0.05, 0.1) is 0 Å². The Labute approximate surface area is 143 Å². The van der Waals surface area contributed by atoms with Crippen molar-refractivity contribution in [2.45, 2.75) is 65.3 Å². The first-order chi connectivity index (χ1) is 11.6. The molecule has 0 radical (unpaired) electrons. The van der Waals surface area contributed by atoms with Crippen LogP contribution in [0.4, 0.5) is 0 Å². The Balaban J connectivity index is 1.78. The van der Waals surface area contributed by atoms with Crippen LogP contribution in [0.1, 0.15) is 57.4 Å². The highest BCUT2D eigenvalue weighted by Crippen LogP contribution is 2.18. The number of aromatic nitrogens is 2. The van der Waals surface area contributed by atoms with Crippen molar-refractivity contribution in [2.75, 3.05) is 0 Å². The standard InChI is InChI=1S/C19H27N3O2/c1-4-5-6-7-15(3)20-17(23)12-13-18-21-22-19(24-18)16-10-8-14(2)9-11-16/h8-11,15H,4-7,12-13H2,1-3H3,(H,20,23). The average molecular weight is 329 g/mol. The number of aryl methyl sites for hydroxylation is 2. The number of hydrogen-bond donors (Lipinski definition) is 1. The van der Waals surface area contributed by atoms with Crippen LogP contribution in [-0.4, -0.2) is 22.1 Å². The summed E-state index contributed by atoms with van der Waals surface area (Å²) in [6.45, 7) is 6.26. The van der Waals surface area contributed by atoms with Gasteiger partial charge in [-0.15, -0.1) is 10.2 Å². The molecule has 1 amide bonds. The largest absolute Gasteiger partial charge is 0.421 e. The van der Waals surface area contributed by atoms with Crippen LogP contribution in [0, 0.1) is 6.92 Å². The van der Waals surface area contributed by atoms with Crippen LogP contribution >= 0.6 is 0 Å². The maximum absolute atomic E-state index is 12.0. The van der Waals surface area contributed by atoms with E-state index in [4.69, 9.17) is 4.42 Å². The Hall–Kier alpha value is -2.17. The first kappa shape index (κ1) is 18.2. The van der Waals surface area contributed by atoms with E-state index < -0.39 is 0 Å². The molecule has 0 aliphatic heterocycles. The fourth-order valence-electron chi connectivity index (χ4n) is 2.51. The van der Waals surface area contributed by atoms with Gasteiger partial charge in [0, 0.05) is 24.4 Å². The zero-order valence-electron chi connectivity index (χ0n) is 14.8. The predicted octanol–water partition coefficient (Wildman–Crippen LogP) is 4.06. The van der Waals surface area contributed by atoms with Gasteiger partial charge in [-0.1, -0.05) is 43.9 Å². The van der Waals surface area contributed by atoms with Crippen LogP contribution in [0.3, 0.4) is 0 Å². The fourth-order valence-corrected chi connectivity index (χ4v) is 2.51. The Morgan fingerprint density at radius 3 is 2.67 bits per heavy atom. The summed E-state index contributed by atoms with van der Waals surface area (Å²) in [6.07, 6.45) is 5.42. The maximum atomic E-state index is 12.0. The molecule has 1 N–H and O–H groups in total. The molecule has 5 heteroatoms. The van der Waals surface area contributed by atoms with Gasteiger partial charge in [0.25, 0.3) is 0 Å². The van der Waals surface area contributed by atoms with Crippen LogP contribution in [0.15, 0.2) is 28.7 Å². The molecule has 24 heavy (non-hydrogen) atoms. The summed E-state index contributed by atoms with van der Waals surface area (Å²) in [6, 6.07) is 8.14. The summed E-state index contributed by atoms with van der Waals surface area (Å²) in [4.78, 5) is 12.0. The molecule has 0 fully saturated rings. The number of nitrogens with zero attached hydrogens (tertiary/aromatic N) is 2. The minimum atomic E-state index is 0.0362. The molecule has 2 aromatic rings. The van der Waals surface area contributed by atoms with Crippen LogP contribution in [0.25, 0.3) is 11.5 Å². The summed E-state index contributed by atoms with van der Waals surface area (Å²) in [5.41, 5.74) is 2.08. The van der Waals surface area contributed by atoms with Gasteiger partial charge in [0.1, 0.15) is 0 Å². The zero-order valence-corrected chi connectivity index (χ0v) is 14.8. The van der Waals surface area contributed by atoms with Crippen molar-refractivity contribution in [1.29, 1.82) is 0 Å². The summed E-state index contributed by atoms with van der Waals surface area (Å²) in [5, 5.41) is 11.1. The number of carbonyl (C=O) groups excluding carboxylic acids is 1. The summed E-state index contributed by atoms with van der Waals surface area (Å²) in [5.74, 6) is 1.03. The monoisotopic (exact) mass is 329 g/mol. The Kier molecular flexibility index (Phi) is 6.97. The number of nitrogens with one attached hydrogen (secondary N) is 1. The van der Waals surface area contributed by atoms with Crippen molar-refractivity contribution in [1.82, 2.24) is 15.5 Å². The fraction of sp³-hybridized carbons (Fsp3) is 0.526. The third-order valence-corrected chi connectivity index (χ3v) is 3.98. The number of hydrogen-bond acceptors (Lipinski definition) is 4. The normalized spacial score (nSPS) is 12.1. The maximum Gasteiger partial charge on any atom is 0.247 e. The molecule has 0 saturated heterocycles. The van der Waals surface area contributed by atoms with Gasteiger partial charge in [-0.05, 0) is 32.4 Å². The summed E-state index contributed by atoms with van der Waals surface area (Å²) in [7, 11) is 0. The van der Waals surface area contributed by atoms with Crippen LogP contribution in [-0.2, 0) is 11.2 Å². The molecule has 2 rings (SSSR count). The molecule has 1 atom stereocenters. The van der Waals surface area contributed by atoms with E-state index in [0.717, 1.165) is 18.4 Å². The van der Waals surface area contributed by atoms with Crippen molar-refractivity contribution in [3.8, 4) is 11.5 Å². The highest BCUT2D eigenvalue weighted by Gasteiger charge is 2.12. The highest BCUT2D eigenvalue weighted by molar-refractivity contribution is 5.76. The van der Waals surface area contributed by atoms with Crippen molar-refractivity contribution in [2.24, 2.45) is 0 Å². The van der Waals surface area contributed by atoms with E-state index in [1.54, 1.807) is 0 Å². The minimum Gasteiger partial charge on any atom is -0.421 e. The molecule has 130 valence electrons. The molecule has 1 aromatic carbocycles. The lowest BCUT2D eigenvalue weighted by Gasteiger charge is -2.13. The second kappa shape index (κ2) is 9.21. The van der Waals surface area contributed by atoms with E-state index in [1.807, 2.05) is 31.2 Å². The molecular formula is C19H27N3O2. The van der Waals surface area contributed by atoms with Gasteiger partial charge in [-0.3, -0.25) is 4.79 Å². The van der Waals surface area contributed by atoms with Crippen LogP contribution in [0.2, 0.25) is 0 Å². The van der Waals surface area contributed by atoms with E-state index in [0.29, 0.717) is 24.6 Å². The number of benzene rings is 1. The van der Waals surface area contributed by atoms with Gasteiger partial charge in [0.15, 0.2) is 0 Å². The molecule has 5 nitrogen and oxygen atoms in total. The van der Waals surface area contributed by atoms with Crippen LogP contribution in [0.5, 0.6) is 0 Å². The number of carbonyl (C=O) groups is 1. The minimum absolute atomic E-state index is 0.0362. The van der Waals surface area contributed by atoms with E-state index in [2.05, 4.69) is 29.4 Å². The van der Waals surface area contributed by atoms with Crippen LogP contribution < -0.4 is 5.32 Å². The van der Waals surface area contributed by atoms with Gasteiger partial charge in [0.2, 0.25) is 17.7 Å². The lowest BCUT2D eigenvalue weighted by molar-refractivity contribution is -0.121. The number of unbranched alkanes of at least 4 members (excludes halogenated alkanes) is 2. The SMILES string of the molecule is CCCCCC(C)NC(=O)CCc1nnc(-c2ccc(C)cc2)o1. The Morgan fingerprint density at radius 1 is 1.21 bits per heavy atom. The quantitative estimate of drug-likeness (QED) is 0.704. The van der Waals surface area contributed by atoms with Gasteiger partial charge in [-0.25, -0.2) is 0 Å². The summed E-state index contributed by atoms with van der Waals surface area (Å²) < 4.78 is 5.64. The zero-order chi connectivity index (χ0) is 17.4. The second-order valence-corrected chi connectivity index (χ2v) is 6.33. The molecule has 1 unspecified atom stereocenters.